The highest BCUT2D eigenvalue weighted by Gasteiger charge is 2.22. The van der Waals surface area contributed by atoms with Crippen molar-refractivity contribution in [3.8, 4) is 0 Å². The summed E-state index contributed by atoms with van der Waals surface area (Å²) < 4.78 is 25.8. The number of thiophene rings is 1. The summed E-state index contributed by atoms with van der Waals surface area (Å²) in [6.45, 7) is 0. The second kappa shape index (κ2) is 5.91. The first kappa shape index (κ1) is 15.6. The summed E-state index contributed by atoms with van der Waals surface area (Å²) in [5, 5.41) is 2.15. The summed E-state index contributed by atoms with van der Waals surface area (Å²) in [5.41, 5.74) is 0.0160. The molecule has 0 saturated heterocycles. The van der Waals surface area contributed by atoms with E-state index < -0.39 is 15.9 Å². The summed E-state index contributed by atoms with van der Waals surface area (Å²) in [7, 11) is -3.97. The second-order valence-electron chi connectivity index (χ2n) is 3.64. The molecule has 2 rings (SSSR count). The van der Waals surface area contributed by atoms with Crippen molar-refractivity contribution in [1.29, 1.82) is 0 Å². The number of halogens is 3. The SMILES string of the molecule is O=C(NS(=O)(=O)c1cc(Cl)cs1)c1ccc(Cl)cc1Cl. The van der Waals surface area contributed by atoms with Gasteiger partial charge in [0.15, 0.2) is 0 Å². The zero-order chi connectivity index (χ0) is 14.9. The fraction of sp³-hybridized carbons (Fsp3) is 0. The van der Waals surface area contributed by atoms with Crippen molar-refractivity contribution in [3.63, 3.8) is 0 Å². The Morgan fingerprint density at radius 1 is 1.10 bits per heavy atom. The Hall–Kier alpha value is -0.790. The van der Waals surface area contributed by atoms with Crippen molar-refractivity contribution in [2.45, 2.75) is 4.21 Å². The smallest absolute Gasteiger partial charge is 0.268 e. The van der Waals surface area contributed by atoms with Gasteiger partial charge in [-0.25, -0.2) is 13.1 Å². The Labute approximate surface area is 134 Å². The maximum absolute atomic E-state index is 12.0. The van der Waals surface area contributed by atoms with Gasteiger partial charge in [0, 0.05) is 10.4 Å². The Morgan fingerprint density at radius 3 is 2.35 bits per heavy atom. The molecule has 2 aromatic rings. The van der Waals surface area contributed by atoms with E-state index in [4.69, 9.17) is 34.8 Å². The van der Waals surface area contributed by atoms with Crippen molar-refractivity contribution >= 4 is 62.1 Å². The molecule has 0 saturated carbocycles. The highest BCUT2D eigenvalue weighted by Crippen LogP contribution is 2.25. The Bertz CT molecular complexity index is 771. The zero-order valence-electron chi connectivity index (χ0n) is 9.56. The van der Waals surface area contributed by atoms with E-state index in [-0.39, 0.29) is 19.8 Å². The lowest BCUT2D eigenvalue weighted by atomic mass is 10.2. The topological polar surface area (TPSA) is 63.2 Å². The molecule has 0 aliphatic heterocycles. The van der Waals surface area contributed by atoms with Gasteiger partial charge in [0.2, 0.25) is 0 Å². The van der Waals surface area contributed by atoms with Crippen LogP contribution in [0.5, 0.6) is 0 Å². The molecule has 0 bridgehead atoms. The molecule has 0 aliphatic carbocycles. The molecule has 1 aromatic heterocycles. The molecule has 0 aliphatic rings. The number of rotatable bonds is 3. The average molecular weight is 371 g/mol. The van der Waals surface area contributed by atoms with Gasteiger partial charge in [0.25, 0.3) is 15.9 Å². The highest BCUT2D eigenvalue weighted by atomic mass is 35.5. The summed E-state index contributed by atoms with van der Waals surface area (Å²) in [4.78, 5) is 11.9. The Balaban J connectivity index is 2.27. The predicted molar refractivity (Wildman–Crippen MR) is 80.4 cm³/mol. The molecule has 0 unspecified atom stereocenters. The van der Waals surface area contributed by atoms with Crippen LogP contribution in [0.25, 0.3) is 0 Å². The molecule has 1 N–H and O–H groups in total. The summed E-state index contributed by atoms with van der Waals surface area (Å²) in [6.07, 6.45) is 0. The van der Waals surface area contributed by atoms with E-state index in [1.807, 2.05) is 4.72 Å². The normalized spacial score (nSPS) is 11.3. The maximum Gasteiger partial charge on any atom is 0.273 e. The quantitative estimate of drug-likeness (QED) is 0.893. The largest absolute Gasteiger partial charge is 0.273 e. The third-order valence-electron chi connectivity index (χ3n) is 2.21. The van der Waals surface area contributed by atoms with E-state index in [1.54, 1.807) is 0 Å². The van der Waals surface area contributed by atoms with Gasteiger partial charge >= 0.3 is 0 Å². The fourth-order valence-electron chi connectivity index (χ4n) is 1.34. The third kappa shape index (κ3) is 3.45. The molecule has 1 aromatic carbocycles. The first-order valence-corrected chi connectivity index (χ1v) is 8.55. The zero-order valence-corrected chi connectivity index (χ0v) is 13.5. The van der Waals surface area contributed by atoms with Gasteiger partial charge in [-0.05, 0) is 24.3 Å². The molecule has 1 heterocycles. The Kier molecular flexibility index (Phi) is 4.61. The van der Waals surface area contributed by atoms with Gasteiger partial charge in [-0.3, -0.25) is 4.79 Å². The molecular formula is C11H6Cl3NO3S2. The van der Waals surface area contributed by atoms with Crippen LogP contribution in [0.2, 0.25) is 15.1 Å². The van der Waals surface area contributed by atoms with Crippen LogP contribution < -0.4 is 4.72 Å². The number of amides is 1. The van der Waals surface area contributed by atoms with Crippen LogP contribution >= 0.6 is 46.1 Å². The second-order valence-corrected chi connectivity index (χ2v) is 7.74. The van der Waals surface area contributed by atoms with Crippen molar-refractivity contribution in [3.05, 3.63) is 50.3 Å². The molecule has 0 atom stereocenters. The lowest BCUT2D eigenvalue weighted by Gasteiger charge is -2.06. The summed E-state index contributed by atoms with van der Waals surface area (Å²) in [5.74, 6) is -0.837. The molecule has 1 amide bonds. The van der Waals surface area contributed by atoms with Crippen LogP contribution in [0.3, 0.4) is 0 Å². The lowest BCUT2D eigenvalue weighted by molar-refractivity contribution is 0.0981. The first-order chi connectivity index (χ1) is 9.29. The van der Waals surface area contributed by atoms with Gasteiger partial charge in [-0.1, -0.05) is 34.8 Å². The van der Waals surface area contributed by atoms with Gasteiger partial charge in [-0.15, -0.1) is 11.3 Å². The highest BCUT2D eigenvalue weighted by molar-refractivity contribution is 7.92. The molecular weight excluding hydrogens is 365 g/mol. The van der Waals surface area contributed by atoms with Gasteiger partial charge < -0.3 is 0 Å². The third-order valence-corrected chi connectivity index (χ3v) is 5.88. The van der Waals surface area contributed by atoms with E-state index in [0.29, 0.717) is 5.02 Å². The van der Waals surface area contributed by atoms with Crippen LogP contribution in [0.15, 0.2) is 33.9 Å². The van der Waals surface area contributed by atoms with Gasteiger partial charge in [0.05, 0.1) is 15.6 Å². The molecule has 0 fully saturated rings. The van der Waals surface area contributed by atoms with Gasteiger partial charge in [-0.2, -0.15) is 0 Å². The summed E-state index contributed by atoms with van der Waals surface area (Å²) >= 11 is 18.1. The van der Waals surface area contributed by atoms with Crippen LogP contribution in [0.1, 0.15) is 10.4 Å². The van der Waals surface area contributed by atoms with Crippen molar-refractivity contribution in [1.82, 2.24) is 4.72 Å². The number of carbonyl (C=O) groups is 1. The number of hydrogen-bond acceptors (Lipinski definition) is 4. The maximum atomic E-state index is 12.0. The van der Waals surface area contributed by atoms with E-state index in [0.717, 1.165) is 11.3 Å². The number of nitrogens with one attached hydrogen (secondary N) is 1. The van der Waals surface area contributed by atoms with Crippen molar-refractivity contribution in [2.24, 2.45) is 0 Å². The molecule has 106 valence electrons. The predicted octanol–water partition coefficient (Wildman–Crippen LogP) is 3.83. The minimum atomic E-state index is -3.97. The van der Waals surface area contributed by atoms with Crippen LogP contribution in [-0.4, -0.2) is 14.3 Å². The minimum absolute atomic E-state index is 0.0160. The van der Waals surface area contributed by atoms with E-state index in [1.165, 1.54) is 29.6 Å². The Morgan fingerprint density at radius 2 is 1.80 bits per heavy atom. The molecule has 0 radical (unpaired) electrons. The monoisotopic (exact) mass is 369 g/mol. The molecule has 0 spiro atoms. The number of carbonyl (C=O) groups excluding carboxylic acids is 1. The van der Waals surface area contributed by atoms with Crippen LogP contribution in [0, 0.1) is 0 Å². The van der Waals surface area contributed by atoms with Crippen molar-refractivity contribution in [2.75, 3.05) is 0 Å². The van der Waals surface area contributed by atoms with Crippen LogP contribution in [0.4, 0.5) is 0 Å². The average Bonchev–Trinajstić information content (AvgIpc) is 2.75. The minimum Gasteiger partial charge on any atom is -0.268 e. The van der Waals surface area contributed by atoms with Gasteiger partial charge in [0.1, 0.15) is 4.21 Å². The van der Waals surface area contributed by atoms with E-state index >= 15 is 0 Å². The van der Waals surface area contributed by atoms with Crippen LogP contribution in [-0.2, 0) is 10.0 Å². The van der Waals surface area contributed by atoms with E-state index in [2.05, 4.69) is 0 Å². The lowest BCUT2D eigenvalue weighted by Crippen LogP contribution is -2.30. The molecule has 20 heavy (non-hydrogen) atoms. The number of benzene rings is 1. The molecule has 9 heteroatoms. The number of sulfonamides is 1. The first-order valence-electron chi connectivity index (χ1n) is 5.06. The van der Waals surface area contributed by atoms with E-state index in [9.17, 15) is 13.2 Å². The summed E-state index contributed by atoms with van der Waals surface area (Å²) in [6, 6.07) is 5.39. The standard InChI is InChI=1S/C11H6Cl3NO3S2/c12-6-1-2-8(9(14)3-6)11(16)15-20(17,18)10-4-7(13)5-19-10/h1-5H,(H,15,16). The number of hydrogen-bond donors (Lipinski definition) is 1. The fourth-order valence-corrected chi connectivity index (χ4v) is 4.21. The van der Waals surface area contributed by atoms with Crippen molar-refractivity contribution < 1.29 is 13.2 Å². The molecule has 4 nitrogen and oxygen atoms in total.